The zero-order valence-electron chi connectivity index (χ0n) is 11.0. The molecule has 0 saturated carbocycles. The summed E-state index contributed by atoms with van der Waals surface area (Å²) in [7, 11) is 1.68. The van der Waals surface area contributed by atoms with Crippen LogP contribution in [-0.2, 0) is 4.74 Å². The summed E-state index contributed by atoms with van der Waals surface area (Å²) in [4.78, 5) is 15.7. The van der Waals surface area contributed by atoms with Gasteiger partial charge in [-0.05, 0) is 31.0 Å². The monoisotopic (exact) mass is 267 g/mol. The van der Waals surface area contributed by atoms with Gasteiger partial charge in [0.2, 0.25) is 0 Å². The summed E-state index contributed by atoms with van der Waals surface area (Å²) in [5.41, 5.74) is 2.24. The second kappa shape index (κ2) is 7.17. The minimum absolute atomic E-state index is 0.326. The van der Waals surface area contributed by atoms with Crippen LogP contribution in [0, 0.1) is 6.92 Å². The fraction of sp³-hybridized carbons (Fsp3) is 0.429. The van der Waals surface area contributed by atoms with Crippen LogP contribution in [0.5, 0.6) is 0 Å². The van der Waals surface area contributed by atoms with Crippen molar-refractivity contribution in [3.8, 4) is 0 Å². The van der Waals surface area contributed by atoms with Gasteiger partial charge in [0.25, 0.3) is 0 Å². The van der Waals surface area contributed by atoms with Crippen LogP contribution in [0.25, 0.3) is 0 Å². The van der Waals surface area contributed by atoms with Crippen molar-refractivity contribution in [2.45, 2.75) is 26.7 Å². The summed E-state index contributed by atoms with van der Waals surface area (Å²) in [5.74, 6) is -0.326. The zero-order valence-corrected chi connectivity index (χ0v) is 11.8. The molecule has 0 aliphatic heterocycles. The van der Waals surface area contributed by atoms with Crippen molar-refractivity contribution < 1.29 is 9.53 Å². The van der Waals surface area contributed by atoms with E-state index < -0.39 is 0 Å². The fourth-order valence-electron chi connectivity index (χ4n) is 1.56. The van der Waals surface area contributed by atoms with Crippen LogP contribution >= 0.6 is 11.6 Å². The van der Waals surface area contributed by atoms with Gasteiger partial charge < -0.3 is 4.74 Å². The predicted molar refractivity (Wildman–Crippen MR) is 74.9 cm³/mol. The molecular weight excluding hydrogens is 250 g/mol. The van der Waals surface area contributed by atoms with Gasteiger partial charge in [0.05, 0.1) is 17.2 Å². The first-order chi connectivity index (χ1) is 8.60. The molecule has 0 aromatic heterocycles. The first-order valence-electron chi connectivity index (χ1n) is 5.99. The molecule has 0 amide bonds. The maximum atomic E-state index is 11.8. The van der Waals surface area contributed by atoms with Gasteiger partial charge in [-0.2, -0.15) is 0 Å². The van der Waals surface area contributed by atoms with E-state index in [0.29, 0.717) is 17.2 Å². The van der Waals surface area contributed by atoms with Crippen LogP contribution in [0.1, 0.15) is 41.3 Å². The Morgan fingerprint density at radius 3 is 2.78 bits per heavy atom. The Morgan fingerprint density at radius 2 is 2.22 bits per heavy atom. The standard InChI is InChI=1S/C14H18ClNO2/c1-4-5-6-18-14(17)11-7-10(2)12(9-16-3)13(15)8-11/h7-9H,4-6H2,1-3H3. The molecule has 0 radical (unpaired) electrons. The normalized spacial score (nSPS) is 10.9. The lowest BCUT2D eigenvalue weighted by molar-refractivity contribution is 0.0499. The number of esters is 1. The Labute approximate surface area is 113 Å². The number of halogens is 1. The van der Waals surface area contributed by atoms with Gasteiger partial charge in [0.1, 0.15) is 0 Å². The average molecular weight is 268 g/mol. The minimum atomic E-state index is -0.326. The van der Waals surface area contributed by atoms with Crippen molar-refractivity contribution in [3.05, 3.63) is 33.8 Å². The summed E-state index contributed by atoms with van der Waals surface area (Å²) in [5, 5.41) is 0.517. The largest absolute Gasteiger partial charge is 0.462 e. The molecule has 1 rings (SSSR count). The van der Waals surface area contributed by atoms with E-state index in [4.69, 9.17) is 16.3 Å². The topological polar surface area (TPSA) is 38.7 Å². The Morgan fingerprint density at radius 1 is 1.50 bits per heavy atom. The second-order valence-corrected chi connectivity index (χ2v) is 4.47. The molecule has 0 fully saturated rings. The van der Waals surface area contributed by atoms with Gasteiger partial charge >= 0.3 is 5.97 Å². The Hall–Kier alpha value is -1.35. The lowest BCUT2D eigenvalue weighted by atomic mass is 10.1. The number of aryl methyl sites for hydroxylation is 1. The number of benzene rings is 1. The van der Waals surface area contributed by atoms with Gasteiger partial charge in [0.15, 0.2) is 0 Å². The highest BCUT2D eigenvalue weighted by Gasteiger charge is 2.11. The molecule has 1 aromatic carbocycles. The maximum absolute atomic E-state index is 11.8. The summed E-state index contributed by atoms with van der Waals surface area (Å²) in [6, 6.07) is 3.40. The van der Waals surface area contributed by atoms with Crippen molar-refractivity contribution in [2.75, 3.05) is 13.7 Å². The molecule has 0 atom stereocenters. The Balaban J connectivity index is 2.88. The second-order valence-electron chi connectivity index (χ2n) is 4.07. The molecule has 0 unspecified atom stereocenters. The third-order valence-electron chi connectivity index (χ3n) is 2.56. The Bertz CT molecular complexity index is 432. The third-order valence-corrected chi connectivity index (χ3v) is 2.87. The fourth-order valence-corrected chi connectivity index (χ4v) is 1.87. The first-order valence-corrected chi connectivity index (χ1v) is 6.37. The number of unbranched alkanes of at least 4 members (excludes halogenated alkanes) is 1. The molecule has 0 saturated heterocycles. The molecule has 0 aliphatic carbocycles. The molecular formula is C14H18ClNO2. The summed E-state index contributed by atoms with van der Waals surface area (Å²) < 4.78 is 5.15. The molecule has 0 bridgehead atoms. The number of ether oxygens (including phenoxy) is 1. The smallest absolute Gasteiger partial charge is 0.338 e. The van der Waals surface area contributed by atoms with Crippen molar-refractivity contribution in [1.29, 1.82) is 0 Å². The first kappa shape index (κ1) is 14.7. The van der Waals surface area contributed by atoms with Crippen LogP contribution in [-0.4, -0.2) is 25.8 Å². The number of carbonyl (C=O) groups excluding carboxylic acids is 1. The van der Waals surface area contributed by atoms with Gasteiger partial charge in [-0.3, -0.25) is 4.99 Å². The highest BCUT2D eigenvalue weighted by atomic mass is 35.5. The SMILES string of the molecule is CCCCOC(=O)c1cc(C)c(C=NC)c(Cl)c1. The van der Waals surface area contributed by atoms with E-state index in [1.165, 1.54) is 0 Å². The highest BCUT2D eigenvalue weighted by molar-refractivity contribution is 6.33. The van der Waals surface area contributed by atoms with Gasteiger partial charge in [-0.1, -0.05) is 24.9 Å². The number of carbonyl (C=O) groups is 1. The van der Waals surface area contributed by atoms with Crippen molar-refractivity contribution in [2.24, 2.45) is 4.99 Å². The zero-order chi connectivity index (χ0) is 13.5. The molecule has 18 heavy (non-hydrogen) atoms. The van der Waals surface area contributed by atoms with Gasteiger partial charge in [0, 0.05) is 18.8 Å². The van der Waals surface area contributed by atoms with E-state index in [9.17, 15) is 4.79 Å². The number of hydrogen-bond acceptors (Lipinski definition) is 3. The average Bonchev–Trinajstić information content (AvgIpc) is 2.33. The Kier molecular flexibility index (Phi) is 5.86. The van der Waals surface area contributed by atoms with Crippen LogP contribution in [0.3, 0.4) is 0 Å². The van der Waals surface area contributed by atoms with Gasteiger partial charge in [-0.25, -0.2) is 4.79 Å². The van der Waals surface area contributed by atoms with Crippen molar-refractivity contribution in [1.82, 2.24) is 0 Å². The van der Waals surface area contributed by atoms with E-state index in [1.807, 2.05) is 13.8 Å². The van der Waals surface area contributed by atoms with E-state index in [0.717, 1.165) is 24.0 Å². The van der Waals surface area contributed by atoms with Crippen molar-refractivity contribution in [3.63, 3.8) is 0 Å². The molecule has 0 heterocycles. The van der Waals surface area contributed by atoms with Crippen LogP contribution in [0.15, 0.2) is 17.1 Å². The molecule has 4 heteroatoms. The molecule has 0 spiro atoms. The summed E-state index contributed by atoms with van der Waals surface area (Å²) in [6.45, 7) is 4.39. The lowest BCUT2D eigenvalue weighted by Gasteiger charge is -2.08. The van der Waals surface area contributed by atoms with E-state index in [1.54, 1.807) is 25.4 Å². The summed E-state index contributed by atoms with van der Waals surface area (Å²) >= 11 is 6.12. The molecule has 98 valence electrons. The summed E-state index contributed by atoms with van der Waals surface area (Å²) in [6.07, 6.45) is 3.56. The molecule has 3 nitrogen and oxygen atoms in total. The quantitative estimate of drug-likeness (QED) is 0.464. The number of nitrogens with zero attached hydrogens (tertiary/aromatic N) is 1. The molecule has 0 N–H and O–H groups in total. The predicted octanol–water partition coefficient (Wildman–Crippen LogP) is 3.65. The van der Waals surface area contributed by atoms with E-state index >= 15 is 0 Å². The van der Waals surface area contributed by atoms with E-state index in [-0.39, 0.29) is 5.97 Å². The van der Waals surface area contributed by atoms with E-state index in [2.05, 4.69) is 4.99 Å². The van der Waals surface area contributed by atoms with Gasteiger partial charge in [-0.15, -0.1) is 0 Å². The van der Waals surface area contributed by atoms with Crippen LogP contribution < -0.4 is 0 Å². The minimum Gasteiger partial charge on any atom is -0.462 e. The number of rotatable bonds is 5. The maximum Gasteiger partial charge on any atom is 0.338 e. The number of hydrogen-bond donors (Lipinski definition) is 0. The molecule has 0 aliphatic rings. The van der Waals surface area contributed by atoms with Crippen molar-refractivity contribution >= 4 is 23.8 Å². The van der Waals surface area contributed by atoms with Crippen LogP contribution in [0.4, 0.5) is 0 Å². The highest BCUT2D eigenvalue weighted by Crippen LogP contribution is 2.21. The third kappa shape index (κ3) is 3.84. The lowest BCUT2D eigenvalue weighted by Crippen LogP contribution is -2.07. The van der Waals surface area contributed by atoms with Crippen LogP contribution in [0.2, 0.25) is 5.02 Å². The molecule has 1 aromatic rings. The number of aliphatic imine (C=N–C) groups is 1.